The highest BCUT2D eigenvalue weighted by Gasteiger charge is 1.84. The SMILES string of the molecule is F.NC(=O)C=Cc1ccccc1. The lowest BCUT2D eigenvalue weighted by Crippen LogP contribution is -2.04. The van der Waals surface area contributed by atoms with Crippen LogP contribution in [0.25, 0.3) is 6.08 Å². The zero-order valence-electron chi connectivity index (χ0n) is 6.44. The summed E-state index contributed by atoms with van der Waals surface area (Å²) in [6, 6.07) is 9.53. The highest BCUT2D eigenvalue weighted by atomic mass is 19.0. The van der Waals surface area contributed by atoms with Gasteiger partial charge in [0.25, 0.3) is 0 Å². The van der Waals surface area contributed by atoms with Crippen molar-refractivity contribution in [2.45, 2.75) is 0 Å². The Balaban J connectivity index is 0.00000121. The van der Waals surface area contributed by atoms with E-state index in [0.717, 1.165) is 5.56 Å². The minimum Gasteiger partial charge on any atom is -0.366 e. The zero-order valence-corrected chi connectivity index (χ0v) is 6.44. The van der Waals surface area contributed by atoms with Crippen molar-refractivity contribution < 1.29 is 9.50 Å². The monoisotopic (exact) mass is 167 g/mol. The Kier molecular flexibility index (Phi) is 4.38. The molecule has 0 spiro atoms. The third kappa shape index (κ3) is 3.51. The Morgan fingerprint density at radius 3 is 2.33 bits per heavy atom. The maximum atomic E-state index is 10.3. The Morgan fingerprint density at radius 2 is 1.83 bits per heavy atom. The first-order valence-electron chi connectivity index (χ1n) is 3.31. The molecule has 2 N–H and O–H groups in total. The lowest BCUT2D eigenvalue weighted by atomic mass is 10.2. The molecule has 0 atom stereocenters. The van der Waals surface area contributed by atoms with Crippen LogP contribution in [0, 0.1) is 0 Å². The largest absolute Gasteiger partial charge is 0.366 e. The van der Waals surface area contributed by atoms with Gasteiger partial charge in [0.2, 0.25) is 5.91 Å². The molecule has 0 aliphatic rings. The lowest BCUT2D eigenvalue weighted by Gasteiger charge is -1.88. The fraction of sp³-hybridized carbons (Fsp3) is 0. The quantitative estimate of drug-likeness (QED) is 0.663. The average molecular weight is 167 g/mol. The highest BCUT2D eigenvalue weighted by Crippen LogP contribution is 1.99. The molecule has 1 amide bonds. The number of amides is 1. The predicted octanol–water partition coefficient (Wildman–Crippen LogP) is 1.34. The first kappa shape index (κ1) is 10.4. The topological polar surface area (TPSA) is 43.1 Å². The van der Waals surface area contributed by atoms with Crippen molar-refractivity contribution in [3.05, 3.63) is 42.0 Å². The van der Waals surface area contributed by atoms with Crippen molar-refractivity contribution in [1.29, 1.82) is 0 Å². The van der Waals surface area contributed by atoms with Gasteiger partial charge in [-0.05, 0) is 11.6 Å². The molecule has 0 unspecified atom stereocenters. The molecule has 0 saturated heterocycles. The number of rotatable bonds is 2. The molecule has 0 aromatic heterocycles. The molecule has 0 heterocycles. The highest BCUT2D eigenvalue weighted by molar-refractivity contribution is 5.90. The molecule has 3 heteroatoms. The van der Waals surface area contributed by atoms with Crippen molar-refractivity contribution in [3.63, 3.8) is 0 Å². The van der Waals surface area contributed by atoms with Crippen molar-refractivity contribution in [2.24, 2.45) is 5.73 Å². The molecular weight excluding hydrogens is 157 g/mol. The molecule has 0 aliphatic heterocycles. The van der Waals surface area contributed by atoms with Crippen LogP contribution in [0.4, 0.5) is 4.70 Å². The fourth-order valence-electron chi connectivity index (χ4n) is 0.743. The number of nitrogens with two attached hydrogens (primary N) is 1. The molecule has 0 aliphatic carbocycles. The van der Waals surface area contributed by atoms with Crippen LogP contribution in [-0.2, 0) is 4.79 Å². The van der Waals surface area contributed by atoms with Gasteiger partial charge in [0.15, 0.2) is 0 Å². The second-order valence-electron chi connectivity index (χ2n) is 2.15. The first-order valence-corrected chi connectivity index (χ1v) is 3.31. The summed E-state index contributed by atoms with van der Waals surface area (Å²) in [6.07, 6.45) is 3.03. The van der Waals surface area contributed by atoms with Gasteiger partial charge in [0, 0.05) is 6.08 Å². The van der Waals surface area contributed by atoms with E-state index in [4.69, 9.17) is 5.73 Å². The standard InChI is InChI=1S/C9H9NO.FH/c10-9(11)7-6-8-4-2-1-3-5-8;/h1-7H,(H2,10,11);1H. The van der Waals surface area contributed by atoms with E-state index in [-0.39, 0.29) is 4.70 Å². The maximum Gasteiger partial charge on any atom is 0.241 e. The zero-order chi connectivity index (χ0) is 8.10. The minimum absolute atomic E-state index is 0. The van der Waals surface area contributed by atoms with Gasteiger partial charge in [-0.1, -0.05) is 30.3 Å². The molecule has 1 rings (SSSR count). The summed E-state index contributed by atoms with van der Waals surface area (Å²) in [6.45, 7) is 0. The number of hydrogen-bond acceptors (Lipinski definition) is 1. The average Bonchev–Trinajstić information content (AvgIpc) is 2.03. The van der Waals surface area contributed by atoms with Gasteiger partial charge in [-0.2, -0.15) is 0 Å². The molecule has 0 saturated carbocycles. The molecule has 0 fully saturated rings. The van der Waals surface area contributed by atoms with E-state index in [1.54, 1.807) is 6.08 Å². The van der Waals surface area contributed by atoms with E-state index < -0.39 is 5.91 Å². The van der Waals surface area contributed by atoms with Gasteiger partial charge in [0.1, 0.15) is 0 Å². The maximum absolute atomic E-state index is 10.3. The first-order chi connectivity index (χ1) is 5.29. The van der Waals surface area contributed by atoms with Crippen molar-refractivity contribution >= 4 is 12.0 Å². The van der Waals surface area contributed by atoms with Crippen molar-refractivity contribution in [3.8, 4) is 0 Å². The van der Waals surface area contributed by atoms with Gasteiger partial charge >= 0.3 is 0 Å². The number of benzene rings is 1. The van der Waals surface area contributed by atoms with Crippen LogP contribution in [0.2, 0.25) is 0 Å². The third-order valence-corrected chi connectivity index (χ3v) is 1.24. The summed E-state index contributed by atoms with van der Waals surface area (Å²) in [5.74, 6) is -0.422. The summed E-state index contributed by atoms with van der Waals surface area (Å²) in [4.78, 5) is 10.3. The smallest absolute Gasteiger partial charge is 0.241 e. The van der Waals surface area contributed by atoms with Crippen LogP contribution in [0.1, 0.15) is 5.56 Å². The molecule has 1 aromatic rings. The van der Waals surface area contributed by atoms with Crippen molar-refractivity contribution in [1.82, 2.24) is 0 Å². The normalized spacial score (nSPS) is 9.33. The Labute approximate surface area is 70.1 Å². The van der Waals surface area contributed by atoms with Gasteiger partial charge in [-0.3, -0.25) is 9.50 Å². The van der Waals surface area contributed by atoms with Crippen molar-refractivity contribution in [2.75, 3.05) is 0 Å². The fourth-order valence-corrected chi connectivity index (χ4v) is 0.743. The number of primary amides is 1. The van der Waals surface area contributed by atoms with Crippen LogP contribution < -0.4 is 5.73 Å². The van der Waals surface area contributed by atoms with Crippen LogP contribution in [0.3, 0.4) is 0 Å². The molecule has 64 valence electrons. The summed E-state index contributed by atoms with van der Waals surface area (Å²) < 4.78 is 0. The van der Waals surface area contributed by atoms with Crippen LogP contribution >= 0.6 is 0 Å². The van der Waals surface area contributed by atoms with E-state index >= 15 is 0 Å². The van der Waals surface area contributed by atoms with E-state index in [0.29, 0.717) is 0 Å². The van der Waals surface area contributed by atoms with Crippen LogP contribution in [0.5, 0.6) is 0 Å². The molecule has 2 nitrogen and oxygen atoms in total. The van der Waals surface area contributed by atoms with Gasteiger partial charge < -0.3 is 5.73 Å². The molecule has 1 aromatic carbocycles. The van der Waals surface area contributed by atoms with E-state index in [9.17, 15) is 4.79 Å². The minimum atomic E-state index is -0.422. The number of halogens is 1. The van der Waals surface area contributed by atoms with Crippen LogP contribution in [-0.4, -0.2) is 5.91 Å². The molecule has 0 radical (unpaired) electrons. The molecular formula is C9H10FNO. The second-order valence-corrected chi connectivity index (χ2v) is 2.15. The predicted molar refractivity (Wildman–Crippen MR) is 47.2 cm³/mol. The Morgan fingerprint density at radius 1 is 1.25 bits per heavy atom. The van der Waals surface area contributed by atoms with E-state index in [2.05, 4.69) is 0 Å². The number of hydrogen-bond donors (Lipinski definition) is 1. The van der Waals surface area contributed by atoms with Gasteiger partial charge in [-0.25, -0.2) is 0 Å². The van der Waals surface area contributed by atoms with Gasteiger partial charge in [-0.15, -0.1) is 0 Å². The summed E-state index contributed by atoms with van der Waals surface area (Å²) in [5, 5.41) is 0. The summed E-state index contributed by atoms with van der Waals surface area (Å²) in [5.41, 5.74) is 5.89. The summed E-state index contributed by atoms with van der Waals surface area (Å²) in [7, 11) is 0. The number of carbonyl (C=O) groups is 1. The number of carbonyl (C=O) groups excluding carboxylic acids is 1. The Hall–Kier alpha value is -1.64. The van der Waals surface area contributed by atoms with Gasteiger partial charge in [0.05, 0.1) is 0 Å². The third-order valence-electron chi connectivity index (χ3n) is 1.24. The molecule has 12 heavy (non-hydrogen) atoms. The molecule has 0 bridgehead atoms. The lowest BCUT2D eigenvalue weighted by molar-refractivity contribution is -0.113. The van der Waals surface area contributed by atoms with E-state index in [1.807, 2.05) is 30.3 Å². The Bertz CT molecular complexity index is 269. The summed E-state index contributed by atoms with van der Waals surface area (Å²) >= 11 is 0. The van der Waals surface area contributed by atoms with Crippen LogP contribution in [0.15, 0.2) is 36.4 Å². The van der Waals surface area contributed by atoms with E-state index in [1.165, 1.54) is 6.08 Å². The second kappa shape index (κ2) is 5.07.